The minimum absolute atomic E-state index is 0.0157. The average molecular weight is 352 g/mol. The van der Waals surface area contributed by atoms with Gasteiger partial charge in [-0.25, -0.2) is 0 Å². The summed E-state index contributed by atoms with van der Waals surface area (Å²) in [5.74, 6) is -1.68. The maximum Gasteiger partial charge on any atom is 0.453 e. The van der Waals surface area contributed by atoms with E-state index < -0.39 is 17.9 Å². The Morgan fingerprint density at radius 2 is 2.17 bits per heavy atom. The second-order valence-electron chi connectivity index (χ2n) is 4.59. The van der Waals surface area contributed by atoms with E-state index in [1.165, 1.54) is 12.1 Å². The number of nitriles is 1. The van der Waals surface area contributed by atoms with Gasteiger partial charge in [-0.15, -0.1) is 10.2 Å². The quantitative estimate of drug-likeness (QED) is 0.778. The lowest BCUT2D eigenvalue weighted by atomic mass is 10.1. The fraction of sp³-hybridized carbons (Fsp3) is 0.154. The highest BCUT2D eigenvalue weighted by Crippen LogP contribution is 2.28. The maximum atomic E-state index is 12.7. The van der Waals surface area contributed by atoms with Crippen molar-refractivity contribution in [1.82, 2.24) is 25.1 Å². The van der Waals surface area contributed by atoms with E-state index >= 15 is 0 Å². The van der Waals surface area contributed by atoms with E-state index in [9.17, 15) is 18.0 Å². The first-order valence-corrected chi connectivity index (χ1v) is 7.27. The van der Waals surface area contributed by atoms with Gasteiger partial charge < -0.3 is 5.32 Å². The van der Waals surface area contributed by atoms with Gasteiger partial charge in [0, 0.05) is 5.56 Å². The number of rotatable bonds is 3. The lowest BCUT2D eigenvalue weighted by Crippen LogP contribution is -2.23. The molecule has 0 saturated carbocycles. The number of amides is 1. The molecule has 7 nitrogen and oxygen atoms in total. The standard InChI is InChI=1S/C13H7F3N6OS/c14-13(15,16)11-19-20-12-22(11)21-9(24-12)6-18-10(23)8-3-1-2-7(4-8)5-17/h1-4H,6H2,(H,18,23). The van der Waals surface area contributed by atoms with Gasteiger partial charge in [-0.3, -0.25) is 4.79 Å². The van der Waals surface area contributed by atoms with Gasteiger partial charge in [-0.05, 0) is 18.2 Å². The lowest BCUT2D eigenvalue weighted by molar-refractivity contribution is -0.146. The zero-order chi connectivity index (χ0) is 17.3. The van der Waals surface area contributed by atoms with Crippen LogP contribution in [0, 0.1) is 11.3 Å². The molecular weight excluding hydrogens is 345 g/mol. The third-order valence-electron chi connectivity index (χ3n) is 2.94. The van der Waals surface area contributed by atoms with Crippen molar-refractivity contribution in [3.63, 3.8) is 0 Å². The molecular formula is C13H7F3N6OS. The van der Waals surface area contributed by atoms with Crippen LogP contribution < -0.4 is 5.32 Å². The lowest BCUT2D eigenvalue weighted by Gasteiger charge is -2.03. The fourth-order valence-electron chi connectivity index (χ4n) is 1.89. The Hall–Kier alpha value is -3.00. The molecule has 2 heterocycles. The number of alkyl halides is 3. The molecule has 0 fully saturated rings. The van der Waals surface area contributed by atoms with Crippen LogP contribution >= 0.6 is 11.3 Å². The van der Waals surface area contributed by atoms with Gasteiger partial charge in [0.15, 0.2) is 0 Å². The van der Waals surface area contributed by atoms with Gasteiger partial charge in [0.05, 0.1) is 18.2 Å². The van der Waals surface area contributed by atoms with E-state index in [4.69, 9.17) is 5.26 Å². The number of hydrogen-bond acceptors (Lipinski definition) is 6. The van der Waals surface area contributed by atoms with Crippen LogP contribution in [0.25, 0.3) is 4.96 Å². The number of nitrogens with zero attached hydrogens (tertiary/aromatic N) is 5. The maximum absolute atomic E-state index is 12.7. The largest absolute Gasteiger partial charge is 0.453 e. The summed E-state index contributed by atoms with van der Waals surface area (Å²) < 4.78 is 38.7. The second kappa shape index (κ2) is 5.89. The summed E-state index contributed by atoms with van der Waals surface area (Å²) in [7, 11) is 0. The van der Waals surface area contributed by atoms with Crippen LogP contribution in [0.3, 0.4) is 0 Å². The Bertz CT molecular complexity index is 955. The van der Waals surface area contributed by atoms with Crippen molar-refractivity contribution in [3.05, 3.63) is 46.2 Å². The molecule has 0 aliphatic carbocycles. The van der Waals surface area contributed by atoms with Crippen LogP contribution in [0.2, 0.25) is 0 Å². The Morgan fingerprint density at radius 1 is 1.38 bits per heavy atom. The minimum Gasteiger partial charge on any atom is -0.345 e. The van der Waals surface area contributed by atoms with Crippen molar-refractivity contribution in [2.24, 2.45) is 0 Å². The number of halogens is 3. The summed E-state index contributed by atoms with van der Waals surface area (Å²) in [6.07, 6.45) is -4.66. The van der Waals surface area contributed by atoms with Gasteiger partial charge in [-0.2, -0.15) is 28.0 Å². The van der Waals surface area contributed by atoms with Crippen molar-refractivity contribution in [3.8, 4) is 6.07 Å². The van der Waals surface area contributed by atoms with Crippen molar-refractivity contribution in [2.75, 3.05) is 0 Å². The van der Waals surface area contributed by atoms with E-state index in [-0.39, 0.29) is 22.1 Å². The first kappa shape index (κ1) is 15.9. The van der Waals surface area contributed by atoms with E-state index in [1.54, 1.807) is 12.1 Å². The van der Waals surface area contributed by atoms with Crippen molar-refractivity contribution in [2.45, 2.75) is 12.7 Å². The molecule has 1 amide bonds. The molecule has 0 aliphatic rings. The molecule has 0 spiro atoms. The van der Waals surface area contributed by atoms with Gasteiger partial charge in [0.2, 0.25) is 4.96 Å². The van der Waals surface area contributed by atoms with Gasteiger partial charge >= 0.3 is 6.18 Å². The third kappa shape index (κ3) is 3.04. The molecule has 3 rings (SSSR count). The number of carbonyl (C=O) groups excluding carboxylic acids is 1. The summed E-state index contributed by atoms with van der Waals surface area (Å²) in [6.45, 7) is -0.0685. The highest BCUT2D eigenvalue weighted by molar-refractivity contribution is 7.16. The van der Waals surface area contributed by atoms with Gasteiger partial charge in [-0.1, -0.05) is 17.4 Å². The molecule has 3 aromatic rings. The van der Waals surface area contributed by atoms with E-state index in [2.05, 4.69) is 20.6 Å². The van der Waals surface area contributed by atoms with Crippen LogP contribution in [0.15, 0.2) is 24.3 Å². The zero-order valence-corrected chi connectivity index (χ0v) is 12.5. The van der Waals surface area contributed by atoms with Crippen LogP contribution in [-0.4, -0.2) is 25.7 Å². The van der Waals surface area contributed by atoms with E-state index in [0.29, 0.717) is 10.1 Å². The molecule has 11 heteroatoms. The minimum atomic E-state index is -4.66. The van der Waals surface area contributed by atoms with Gasteiger partial charge in [0.25, 0.3) is 11.7 Å². The molecule has 0 radical (unpaired) electrons. The van der Waals surface area contributed by atoms with E-state index in [0.717, 1.165) is 11.3 Å². The summed E-state index contributed by atoms with van der Waals surface area (Å²) in [6, 6.07) is 7.97. The topological polar surface area (TPSA) is 96.0 Å². The van der Waals surface area contributed by atoms with Crippen LogP contribution in [0.1, 0.15) is 26.8 Å². The zero-order valence-electron chi connectivity index (χ0n) is 11.7. The van der Waals surface area contributed by atoms with Crippen LogP contribution in [0.5, 0.6) is 0 Å². The molecule has 0 bridgehead atoms. The van der Waals surface area contributed by atoms with Crippen molar-refractivity contribution in [1.29, 1.82) is 5.26 Å². The fourth-order valence-corrected chi connectivity index (χ4v) is 2.67. The second-order valence-corrected chi connectivity index (χ2v) is 5.63. The normalized spacial score (nSPS) is 11.4. The Morgan fingerprint density at radius 3 is 2.88 bits per heavy atom. The first-order valence-electron chi connectivity index (χ1n) is 6.45. The predicted octanol–water partition coefficient (Wildman–Crippen LogP) is 2.01. The first-order chi connectivity index (χ1) is 11.4. The number of carbonyl (C=O) groups is 1. The number of hydrogen-bond donors (Lipinski definition) is 1. The molecule has 122 valence electrons. The number of aromatic nitrogens is 4. The molecule has 0 unspecified atom stereocenters. The molecule has 24 heavy (non-hydrogen) atoms. The number of nitrogens with one attached hydrogen (secondary N) is 1. The molecule has 2 aromatic heterocycles. The SMILES string of the molecule is N#Cc1cccc(C(=O)NCc2nn3c(C(F)(F)F)nnc3s2)c1. The number of benzene rings is 1. The smallest absolute Gasteiger partial charge is 0.345 e. The van der Waals surface area contributed by atoms with Crippen molar-refractivity contribution >= 4 is 22.2 Å². The highest BCUT2D eigenvalue weighted by atomic mass is 32.1. The summed E-state index contributed by atoms with van der Waals surface area (Å²) >= 11 is 0.890. The van der Waals surface area contributed by atoms with E-state index in [1.807, 2.05) is 6.07 Å². The van der Waals surface area contributed by atoms with Crippen LogP contribution in [-0.2, 0) is 12.7 Å². The average Bonchev–Trinajstić information content (AvgIpc) is 3.11. The van der Waals surface area contributed by atoms with Crippen LogP contribution in [0.4, 0.5) is 13.2 Å². The van der Waals surface area contributed by atoms with Crippen molar-refractivity contribution < 1.29 is 18.0 Å². The Kier molecular flexibility index (Phi) is 3.90. The highest BCUT2D eigenvalue weighted by Gasteiger charge is 2.38. The summed E-state index contributed by atoms with van der Waals surface area (Å²) in [5, 5.41) is 21.8. The molecule has 1 N–H and O–H groups in total. The monoisotopic (exact) mass is 352 g/mol. The summed E-state index contributed by atoms with van der Waals surface area (Å²) in [5.41, 5.74) is 0.601. The molecule has 1 aromatic carbocycles. The Balaban J connectivity index is 1.75. The molecule has 0 aliphatic heterocycles. The Labute approximate surface area is 136 Å². The number of fused-ring (bicyclic) bond motifs is 1. The predicted molar refractivity (Wildman–Crippen MR) is 76.0 cm³/mol. The molecule has 0 saturated heterocycles. The molecule has 0 atom stereocenters. The summed E-state index contributed by atoms with van der Waals surface area (Å²) in [4.78, 5) is 12.0. The van der Waals surface area contributed by atoms with Gasteiger partial charge in [0.1, 0.15) is 5.01 Å². The third-order valence-corrected chi connectivity index (χ3v) is 3.84.